The van der Waals surface area contributed by atoms with Crippen LogP contribution in [0.25, 0.3) is 0 Å². The molecule has 0 aliphatic heterocycles. The molecular weight excluding hydrogens is 262 g/mol. The second kappa shape index (κ2) is 6.50. The van der Waals surface area contributed by atoms with Crippen LogP contribution in [0, 0.1) is 18.8 Å². The molecule has 0 spiro atoms. The Hall–Kier alpha value is -1.51. The Morgan fingerprint density at radius 3 is 2.71 bits per heavy atom. The summed E-state index contributed by atoms with van der Waals surface area (Å²) < 4.78 is 5.40. The zero-order valence-electron chi connectivity index (χ0n) is 13.6. The van der Waals surface area contributed by atoms with Crippen molar-refractivity contribution in [3.63, 3.8) is 0 Å². The quantitative estimate of drug-likeness (QED) is 0.846. The molecule has 1 N–H and O–H groups in total. The van der Waals surface area contributed by atoms with Crippen molar-refractivity contribution >= 4 is 11.7 Å². The second-order valence-corrected chi connectivity index (χ2v) is 6.41. The molecule has 3 atom stereocenters. The highest BCUT2D eigenvalue weighted by Crippen LogP contribution is 2.40. The molecule has 3 nitrogen and oxygen atoms in total. The third kappa shape index (κ3) is 3.22. The molecule has 0 amide bonds. The molecule has 1 aliphatic carbocycles. The maximum Gasteiger partial charge on any atom is 0.332 e. The normalized spacial score (nSPS) is 29.0. The maximum absolute atomic E-state index is 12.7. The van der Waals surface area contributed by atoms with Gasteiger partial charge in [-0.2, -0.15) is 0 Å². The number of nitrogens with one attached hydrogen (secondary N) is 1. The molecular formula is C18H27NO2. The molecule has 2 rings (SSSR count). The second-order valence-electron chi connectivity index (χ2n) is 6.41. The molecule has 21 heavy (non-hydrogen) atoms. The Bertz CT molecular complexity index is 500. The van der Waals surface area contributed by atoms with Gasteiger partial charge >= 0.3 is 5.97 Å². The molecule has 1 fully saturated rings. The molecule has 3 heteroatoms. The number of esters is 1. The van der Waals surface area contributed by atoms with Crippen molar-refractivity contribution in [1.82, 2.24) is 0 Å². The topological polar surface area (TPSA) is 38.3 Å². The molecule has 1 saturated carbocycles. The number of benzene rings is 1. The first kappa shape index (κ1) is 15.9. The molecule has 0 bridgehead atoms. The maximum atomic E-state index is 12.7. The molecule has 0 heterocycles. The Kier molecular flexibility index (Phi) is 4.92. The number of para-hydroxylation sites is 1. The number of carbonyl (C=O) groups is 1. The first-order chi connectivity index (χ1) is 9.99. The van der Waals surface area contributed by atoms with Crippen molar-refractivity contribution in [2.24, 2.45) is 11.8 Å². The minimum Gasteiger partial charge on any atom is -0.464 e. The molecule has 0 saturated heterocycles. The van der Waals surface area contributed by atoms with Crippen LogP contribution < -0.4 is 5.32 Å². The van der Waals surface area contributed by atoms with E-state index >= 15 is 0 Å². The van der Waals surface area contributed by atoms with E-state index in [4.69, 9.17) is 4.74 Å². The van der Waals surface area contributed by atoms with Gasteiger partial charge in [-0.15, -0.1) is 0 Å². The Balaban J connectivity index is 2.32. The van der Waals surface area contributed by atoms with Gasteiger partial charge in [-0.1, -0.05) is 32.0 Å². The lowest BCUT2D eigenvalue weighted by atomic mass is 9.69. The number of hydrogen-bond acceptors (Lipinski definition) is 3. The van der Waals surface area contributed by atoms with E-state index < -0.39 is 5.54 Å². The molecule has 1 aromatic carbocycles. The van der Waals surface area contributed by atoms with Gasteiger partial charge in [0.2, 0.25) is 0 Å². The summed E-state index contributed by atoms with van der Waals surface area (Å²) in [5.41, 5.74) is 1.60. The number of anilines is 1. The van der Waals surface area contributed by atoms with Gasteiger partial charge in [-0.25, -0.2) is 4.79 Å². The number of aryl methyl sites for hydroxylation is 1. The lowest BCUT2D eigenvalue weighted by Crippen LogP contribution is -2.55. The summed E-state index contributed by atoms with van der Waals surface area (Å²) >= 11 is 0. The summed E-state index contributed by atoms with van der Waals surface area (Å²) in [6.45, 7) is 8.79. The van der Waals surface area contributed by atoms with Gasteiger partial charge in [0.05, 0.1) is 6.61 Å². The summed E-state index contributed by atoms with van der Waals surface area (Å²) in [5, 5.41) is 3.54. The smallest absolute Gasteiger partial charge is 0.332 e. The van der Waals surface area contributed by atoms with Crippen molar-refractivity contribution < 1.29 is 9.53 Å². The van der Waals surface area contributed by atoms with Gasteiger partial charge < -0.3 is 10.1 Å². The van der Waals surface area contributed by atoms with Crippen LogP contribution >= 0.6 is 0 Å². The van der Waals surface area contributed by atoms with E-state index in [2.05, 4.69) is 32.2 Å². The minimum absolute atomic E-state index is 0.104. The number of carbonyl (C=O) groups excluding carboxylic acids is 1. The van der Waals surface area contributed by atoms with Crippen LogP contribution in [0.5, 0.6) is 0 Å². The van der Waals surface area contributed by atoms with Gasteiger partial charge in [0.15, 0.2) is 0 Å². The minimum atomic E-state index is -0.589. The van der Waals surface area contributed by atoms with E-state index in [9.17, 15) is 4.79 Å². The highest BCUT2D eigenvalue weighted by Gasteiger charge is 2.47. The lowest BCUT2D eigenvalue weighted by Gasteiger charge is -2.43. The average Bonchev–Trinajstić information content (AvgIpc) is 2.44. The van der Waals surface area contributed by atoms with E-state index in [1.54, 1.807) is 0 Å². The Labute approximate surface area is 128 Å². The third-order valence-electron chi connectivity index (χ3n) is 4.77. The highest BCUT2D eigenvalue weighted by atomic mass is 16.5. The number of ether oxygens (including phenoxy) is 1. The fourth-order valence-corrected chi connectivity index (χ4v) is 3.40. The van der Waals surface area contributed by atoms with Crippen LogP contribution in [0.2, 0.25) is 0 Å². The number of hydrogen-bond donors (Lipinski definition) is 1. The van der Waals surface area contributed by atoms with E-state index in [-0.39, 0.29) is 11.9 Å². The van der Waals surface area contributed by atoms with Crippen molar-refractivity contribution in [2.45, 2.75) is 52.5 Å². The van der Waals surface area contributed by atoms with Crippen molar-refractivity contribution in [3.8, 4) is 0 Å². The summed E-state index contributed by atoms with van der Waals surface area (Å²) in [4.78, 5) is 12.7. The Morgan fingerprint density at radius 1 is 1.38 bits per heavy atom. The number of rotatable bonds is 4. The van der Waals surface area contributed by atoms with Crippen LogP contribution in [0.15, 0.2) is 24.3 Å². The fourth-order valence-electron chi connectivity index (χ4n) is 3.40. The van der Waals surface area contributed by atoms with E-state index in [0.29, 0.717) is 12.5 Å². The van der Waals surface area contributed by atoms with Crippen molar-refractivity contribution in [3.05, 3.63) is 29.8 Å². The third-order valence-corrected chi connectivity index (χ3v) is 4.77. The van der Waals surface area contributed by atoms with Gasteiger partial charge in [0.25, 0.3) is 0 Å². The first-order valence-electron chi connectivity index (χ1n) is 8.00. The SMILES string of the molecule is CCOC(=O)C1(Nc2ccccc2C)CCC(C)CC1C. The van der Waals surface area contributed by atoms with Crippen molar-refractivity contribution in [2.75, 3.05) is 11.9 Å². The van der Waals surface area contributed by atoms with Crippen LogP contribution in [0.3, 0.4) is 0 Å². The molecule has 3 unspecified atom stereocenters. The van der Waals surface area contributed by atoms with Crippen LogP contribution in [0.4, 0.5) is 5.69 Å². The zero-order chi connectivity index (χ0) is 15.5. The first-order valence-corrected chi connectivity index (χ1v) is 8.00. The lowest BCUT2D eigenvalue weighted by molar-refractivity contribution is -0.152. The fraction of sp³-hybridized carbons (Fsp3) is 0.611. The highest BCUT2D eigenvalue weighted by molar-refractivity contribution is 5.85. The van der Waals surface area contributed by atoms with Gasteiger partial charge in [-0.05, 0) is 56.6 Å². The summed E-state index contributed by atoms with van der Waals surface area (Å²) in [6, 6.07) is 8.13. The predicted octanol–water partition coefficient (Wildman–Crippen LogP) is 4.16. The van der Waals surface area contributed by atoms with Crippen LogP contribution in [0.1, 0.15) is 45.6 Å². The molecule has 1 aliphatic rings. The average molecular weight is 289 g/mol. The largest absolute Gasteiger partial charge is 0.464 e. The monoisotopic (exact) mass is 289 g/mol. The van der Waals surface area contributed by atoms with E-state index in [1.807, 2.05) is 25.1 Å². The molecule has 0 aromatic heterocycles. The summed E-state index contributed by atoms with van der Waals surface area (Å²) in [5.74, 6) is 0.828. The van der Waals surface area contributed by atoms with Crippen LogP contribution in [-0.4, -0.2) is 18.1 Å². The Morgan fingerprint density at radius 2 is 2.10 bits per heavy atom. The predicted molar refractivity (Wildman–Crippen MR) is 86.3 cm³/mol. The zero-order valence-corrected chi connectivity index (χ0v) is 13.6. The van der Waals surface area contributed by atoms with Crippen LogP contribution in [-0.2, 0) is 9.53 Å². The molecule has 116 valence electrons. The van der Waals surface area contributed by atoms with Gasteiger partial charge in [0.1, 0.15) is 5.54 Å². The molecule has 1 aromatic rings. The van der Waals surface area contributed by atoms with Gasteiger partial charge in [0, 0.05) is 5.69 Å². The van der Waals surface area contributed by atoms with Gasteiger partial charge in [-0.3, -0.25) is 0 Å². The molecule has 0 radical (unpaired) electrons. The summed E-state index contributed by atoms with van der Waals surface area (Å²) in [6.07, 6.45) is 2.95. The standard InChI is InChI=1S/C18H27NO2/c1-5-21-17(20)18(11-10-13(2)12-15(18)4)19-16-9-7-6-8-14(16)3/h6-9,13,15,19H,5,10-12H2,1-4H3. The van der Waals surface area contributed by atoms with E-state index in [0.717, 1.165) is 30.5 Å². The van der Waals surface area contributed by atoms with Crippen molar-refractivity contribution in [1.29, 1.82) is 0 Å². The summed E-state index contributed by atoms with van der Waals surface area (Å²) in [7, 11) is 0. The van der Waals surface area contributed by atoms with E-state index in [1.165, 1.54) is 0 Å².